The minimum absolute atomic E-state index is 0.139. The van der Waals surface area contributed by atoms with Gasteiger partial charge in [-0.3, -0.25) is 4.79 Å². The van der Waals surface area contributed by atoms with E-state index in [4.69, 9.17) is 23.2 Å². The number of halogens is 2. The predicted molar refractivity (Wildman–Crippen MR) is 88.0 cm³/mol. The fourth-order valence-corrected chi connectivity index (χ4v) is 2.80. The van der Waals surface area contributed by atoms with Gasteiger partial charge >= 0.3 is 0 Å². The van der Waals surface area contributed by atoms with E-state index >= 15 is 0 Å². The zero-order valence-electron chi connectivity index (χ0n) is 12.3. The highest BCUT2D eigenvalue weighted by molar-refractivity contribution is 6.35. The maximum Gasteiger partial charge on any atom is 0.162 e. The van der Waals surface area contributed by atoms with Gasteiger partial charge in [0.25, 0.3) is 0 Å². The van der Waals surface area contributed by atoms with Crippen LogP contribution in [0.15, 0.2) is 18.2 Å². The molecule has 0 bridgehead atoms. The molecule has 0 radical (unpaired) electrons. The molecular formula is C17H24Cl2O. The molecule has 112 valence electrons. The molecular weight excluding hydrogens is 291 g/mol. The Morgan fingerprint density at radius 3 is 1.90 bits per heavy atom. The highest BCUT2D eigenvalue weighted by atomic mass is 35.5. The van der Waals surface area contributed by atoms with E-state index < -0.39 is 0 Å². The van der Waals surface area contributed by atoms with Gasteiger partial charge in [0, 0.05) is 22.0 Å². The molecule has 0 saturated carbocycles. The zero-order chi connectivity index (χ0) is 14.8. The van der Waals surface area contributed by atoms with Gasteiger partial charge in [0.1, 0.15) is 0 Å². The molecule has 0 amide bonds. The van der Waals surface area contributed by atoms with E-state index in [2.05, 4.69) is 6.92 Å². The van der Waals surface area contributed by atoms with Gasteiger partial charge in [-0.2, -0.15) is 0 Å². The highest BCUT2D eigenvalue weighted by Gasteiger charge is 2.07. The number of ketones is 1. The van der Waals surface area contributed by atoms with Crippen LogP contribution in [0.3, 0.4) is 0 Å². The maximum absolute atomic E-state index is 12.0. The molecule has 0 atom stereocenters. The third-order valence-corrected chi connectivity index (χ3v) is 3.88. The van der Waals surface area contributed by atoms with Crippen molar-refractivity contribution in [1.29, 1.82) is 0 Å². The van der Waals surface area contributed by atoms with Crippen molar-refractivity contribution in [2.45, 2.75) is 64.7 Å². The first kappa shape index (κ1) is 17.5. The van der Waals surface area contributed by atoms with E-state index in [-0.39, 0.29) is 5.78 Å². The standard InChI is InChI=1S/C17H24Cl2O/c1-2-3-4-5-6-7-8-9-10-17(20)14-11-15(18)13-16(19)12-14/h11-13H,2-10H2,1H3. The Balaban J connectivity index is 2.17. The Labute approximate surface area is 132 Å². The lowest BCUT2D eigenvalue weighted by molar-refractivity contribution is 0.0979. The first-order valence-electron chi connectivity index (χ1n) is 7.62. The van der Waals surface area contributed by atoms with Crippen molar-refractivity contribution in [3.05, 3.63) is 33.8 Å². The van der Waals surface area contributed by atoms with Crippen LogP contribution in [0.1, 0.15) is 75.1 Å². The second-order valence-corrected chi connectivity index (χ2v) is 6.18. The van der Waals surface area contributed by atoms with Crippen LogP contribution < -0.4 is 0 Å². The van der Waals surface area contributed by atoms with E-state index in [1.54, 1.807) is 18.2 Å². The smallest absolute Gasteiger partial charge is 0.162 e. The van der Waals surface area contributed by atoms with Gasteiger partial charge in [0.2, 0.25) is 0 Å². The summed E-state index contributed by atoms with van der Waals surface area (Å²) < 4.78 is 0. The van der Waals surface area contributed by atoms with Gasteiger partial charge in [-0.05, 0) is 24.6 Å². The second kappa shape index (κ2) is 10.2. The highest BCUT2D eigenvalue weighted by Crippen LogP contribution is 2.21. The van der Waals surface area contributed by atoms with Crippen LogP contribution in [0.5, 0.6) is 0 Å². The molecule has 3 heteroatoms. The molecule has 1 aromatic carbocycles. The van der Waals surface area contributed by atoms with Crippen molar-refractivity contribution >= 4 is 29.0 Å². The van der Waals surface area contributed by atoms with E-state index in [1.165, 1.54) is 38.5 Å². The van der Waals surface area contributed by atoms with Gasteiger partial charge in [0.15, 0.2) is 5.78 Å². The Bertz CT molecular complexity index is 395. The molecule has 1 rings (SSSR count). The summed E-state index contributed by atoms with van der Waals surface area (Å²) in [7, 11) is 0. The van der Waals surface area contributed by atoms with E-state index in [0.717, 1.165) is 12.8 Å². The quantitative estimate of drug-likeness (QED) is 0.346. The van der Waals surface area contributed by atoms with Crippen molar-refractivity contribution in [3.8, 4) is 0 Å². The average molecular weight is 315 g/mol. The normalized spacial score (nSPS) is 10.8. The molecule has 20 heavy (non-hydrogen) atoms. The lowest BCUT2D eigenvalue weighted by atomic mass is 10.0. The SMILES string of the molecule is CCCCCCCCCCC(=O)c1cc(Cl)cc(Cl)c1. The number of Topliss-reactive ketones (excluding diaryl/α,β-unsaturated/α-hetero) is 1. The van der Waals surface area contributed by atoms with Gasteiger partial charge in [-0.1, -0.05) is 75.1 Å². The Kier molecular flexibility index (Phi) is 8.97. The van der Waals surface area contributed by atoms with E-state index in [1.807, 2.05) is 0 Å². The molecule has 0 fully saturated rings. The van der Waals surface area contributed by atoms with Crippen molar-refractivity contribution in [1.82, 2.24) is 0 Å². The fourth-order valence-electron chi connectivity index (χ4n) is 2.28. The molecule has 1 aromatic rings. The van der Waals surface area contributed by atoms with Crippen LogP contribution in [0.2, 0.25) is 10.0 Å². The van der Waals surface area contributed by atoms with Crippen LogP contribution in [0.25, 0.3) is 0 Å². The molecule has 1 nitrogen and oxygen atoms in total. The summed E-state index contributed by atoms with van der Waals surface area (Å²) >= 11 is 11.8. The Morgan fingerprint density at radius 1 is 0.850 bits per heavy atom. The van der Waals surface area contributed by atoms with Crippen molar-refractivity contribution in [2.75, 3.05) is 0 Å². The van der Waals surface area contributed by atoms with Gasteiger partial charge < -0.3 is 0 Å². The summed E-state index contributed by atoms with van der Waals surface area (Å²) in [5, 5.41) is 1.05. The van der Waals surface area contributed by atoms with Crippen molar-refractivity contribution in [3.63, 3.8) is 0 Å². The number of carbonyl (C=O) groups excluding carboxylic acids is 1. The number of carbonyl (C=O) groups is 1. The molecule has 0 heterocycles. The molecule has 0 unspecified atom stereocenters. The van der Waals surface area contributed by atoms with Crippen molar-refractivity contribution in [2.24, 2.45) is 0 Å². The van der Waals surface area contributed by atoms with Crippen LogP contribution in [0.4, 0.5) is 0 Å². The molecule has 0 saturated heterocycles. The van der Waals surface area contributed by atoms with Crippen molar-refractivity contribution < 1.29 is 4.79 Å². The summed E-state index contributed by atoms with van der Waals surface area (Å²) in [5.74, 6) is 0.139. The zero-order valence-corrected chi connectivity index (χ0v) is 13.8. The number of hydrogen-bond donors (Lipinski definition) is 0. The van der Waals surface area contributed by atoms with E-state index in [9.17, 15) is 4.79 Å². The van der Waals surface area contributed by atoms with Crippen LogP contribution in [0, 0.1) is 0 Å². The molecule has 0 N–H and O–H groups in total. The molecule has 0 aliphatic carbocycles. The largest absolute Gasteiger partial charge is 0.294 e. The average Bonchev–Trinajstić information content (AvgIpc) is 2.40. The minimum Gasteiger partial charge on any atom is -0.294 e. The summed E-state index contributed by atoms with van der Waals surface area (Å²) in [6.45, 7) is 2.23. The summed E-state index contributed by atoms with van der Waals surface area (Å²) in [5.41, 5.74) is 0.630. The monoisotopic (exact) mass is 314 g/mol. The number of unbranched alkanes of at least 4 members (excludes halogenated alkanes) is 7. The van der Waals surface area contributed by atoms with Crippen LogP contribution in [-0.4, -0.2) is 5.78 Å². The first-order valence-corrected chi connectivity index (χ1v) is 8.38. The summed E-state index contributed by atoms with van der Waals surface area (Å²) in [4.78, 5) is 12.0. The van der Waals surface area contributed by atoms with E-state index in [0.29, 0.717) is 22.0 Å². The lowest BCUT2D eigenvalue weighted by Crippen LogP contribution is -1.99. The third kappa shape index (κ3) is 7.31. The fraction of sp³-hybridized carbons (Fsp3) is 0.588. The lowest BCUT2D eigenvalue weighted by Gasteiger charge is -2.03. The number of benzene rings is 1. The topological polar surface area (TPSA) is 17.1 Å². The minimum atomic E-state index is 0.139. The molecule has 0 aliphatic heterocycles. The molecule has 0 aliphatic rings. The summed E-state index contributed by atoms with van der Waals surface area (Å²) in [6, 6.07) is 5.04. The maximum atomic E-state index is 12.0. The van der Waals surface area contributed by atoms with Gasteiger partial charge in [-0.15, -0.1) is 0 Å². The molecule has 0 spiro atoms. The predicted octanol–water partition coefficient (Wildman–Crippen LogP) is 6.71. The number of rotatable bonds is 10. The Hall–Kier alpha value is -0.530. The number of hydrogen-bond acceptors (Lipinski definition) is 1. The third-order valence-electron chi connectivity index (χ3n) is 3.44. The van der Waals surface area contributed by atoms with Gasteiger partial charge in [0.05, 0.1) is 0 Å². The second-order valence-electron chi connectivity index (χ2n) is 5.31. The Morgan fingerprint density at radius 2 is 1.35 bits per heavy atom. The van der Waals surface area contributed by atoms with Gasteiger partial charge in [-0.25, -0.2) is 0 Å². The van der Waals surface area contributed by atoms with Crippen LogP contribution >= 0.6 is 23.2 Å². The van der Waals surface area contributed by atoms with Crippen LogP contribution in [-0.2, 0) is 0 Å². The molecule has 0 aromatic heterocycles. The summed E-state index contributed by atoms with van der Waals surface area (Å²) in [6.07, 6.45) is 10.5. The first-order chi connectivity index (χ1) is 9.63.